The molecule has 2 aliphatic rings. The molecule has 0 aromatic heterocycles. The Morgan fingerprint density at radius 3 is 1.93 bits per heavy atom. The Labute approximate surface area is 94.8 Å². The van der Waals surface area contributed by atoms with Crippen molar-refractivity contribution in [3.8, 4) is 0 Å². The summed E-state index contributed by atoms with van der Waals surface area (Å²) in [5.74, 6) is 1.69. The summed E-state index contributed by atoms with van der Waals surface area (Å²) in [4.78, 5) is 0. The first-order valence-electron chi connectivity index (χ1n) is 6.84. The predicted octanol–water partition coefficient (Wildman–Crippen LogP) is 3.72. The zero-order chi connectivity index (χ0) is 10.9. The topological polar surface area (TPSA) is 26.0 Å². The number of rotatable bonds is 2. The molecule has 1 unspecified atom stereocenters. The molecular weight excluding hydrogens is 182 g/mol. The summed E-state index contributed by atoms with van der Waals surface area (Å²) in [6.45, 7) is 4.81. The summed E-state index contributed by atoms with van der Waals surface area (Å²) in [6, 6.07) is 0.517. The van der Waals surface area contributed by atoms with E-state index in [1.54, 1.807) is 0 Å². The van der Waals surface area contributed by atoms with Crippen LogP contribution in [-0.4, -0.2) is 6.04 Å². The predicted molar refractivity (Wildman–Crippen MR) is 65.7 cm³/mol. The van der Waals surface area contributed by atoms with Gasteiger partial charge in [-0.05, 0) is 55.8 Å². The van der Waals surface area contributed by atoms with E-state index in [9.17, 15) is 0 Å². The molecule has 2 aliphatic carbocycles. The van der Waals surface area contributed by atoms with E-state index in [0.717, 1.165) is 11.8 Å². The molecule has 0 spiro atoms. The Kier molecular flexibility index (Phi) is 3.39. The van der Waals surface area contributed by atoms with Gasteiger partial charge in [-0.25, -0.2) is 0 Å². The molecule has 1 nitrogen and oxygen atoms in total. The maximum Gasteiger partial charge on any atom is 0.00956 e. The zero-order valence-corrected chi connectivity index (χ0v) is 10.5. The maximum absolute atomic E-state index is 6.44. The van der Waals surface area contributed by atoms with Gasteiger partial charge in [0.15, 0.2) is 0 Å². The molecule has 0 saturated heterocycles. The summed E-state index contributed by atoms with van der Waals surface area (Å²) in [6.07, 6.45) is 11.2. The average molecular weight is 209 g/mol. The highest BCUT2D eigenvalue weighted by molar-refractivity contribution is 4.88. The van der Waals surface area contributed by atoms with Gasteiger partial charge in [0.25, 0.3) is 0 Å². The van der Waals surface area contributed by atoms with Crippen LogP contribution < -0.4 is 5.73 Å². The van der Waals surface area contributed by atoms with Gasteiger partial charge < -0.3 is 5.73 Å². The van der Waals surface area contributed by atoms with Crippen LogP contribution in [0.15, 0.2) is 0 Å². The summed E-state index contributed by atoms with van der Waals surface area (Å²) in [7, 11) is 0. The Balaban J connectivity index is 1.84. The second-order valence-corrected chi connectivity index (χ2v) is 6.62. The fourth-order valence-corrected chi connectivity index (χ4v) is 3.53. The molecule has 15 heavy (non-hydrogen) atoms. The van der Waals surface area contributed by atoms with Crippen molar-refractivity contribution in [3.63, 3.8) is 0 Å². The quantitative estimate of drug-likeness (QED) is 0.737. The fourth-order valence-electron chi connectivity index (χ4n) is 3.53. The minimum absolute atomic E-state index is 0.517. The molecule has 0 amide bonds. The van der Waals surface area contributed by atoms with Crippen molar-refractivity contribution in [1.82, 2.24) is 0 Å². The average Bonchev–Trinajstić information content (AvgIpc) is 2.69. The highest BCUT2D eigenvalue weighted by Crippen LogP contribution is 2.41. The molecule has 1 atom stereocenters. The van der Waals surface area contributed by atoms with Crippen molar-refractivity contribution < 1.29 is 0 Å². The van der Waals surface area contributed by atoms with Crippen LogP contribution in [0.25, 0.3) is 0 Å². The molecule has 2 rings (SSSR count). The molecule has 0 aliphatic heterocycles. The highest BCUT2D eigenvalue weighted by atomic mass is 14.7. The van der Waals surface area contributed by atoms with Crippen LogP contribution in [0.3, 0.4) is 0 Å². The van der Waals surface area contributed by atoms with E-state index in [2.05, 4.69) is 13.8 Å². The van der Waals surface area contributed by atoms with Gasteiger partial charge in [-0.3, -0.25) is 0 Å². The van der Waals surface area contributed by atoms with Crippen LogP contribution >= 0.6 is 0 Å². The Hall–Kier alpha value is -0.0400. The smallest absolute Gasteiger partial charge is 0.00956 e. The van der Waals surface area contributed by atoms with E-state index in [0.29, 0.717) is 11.5 Å². The summed E-state index contributed by atoms with van der Waals surface area (Å²) in [5, 5.41) is 0. The zero-order valence-electron chi connectivity index (χ0n) is 10.5. The monoisotopic (exact) mass is 209 g/mol. The van der Waals surface area contributed by atoms with Crippen molar-refractivity contribution in [2.45, 2.75) is 71.3 Å². The van der Waals surface area contributed by atoms with E-state index >= 15 is 0 Å². The minimum atomic E-state index is 0.517. The number of nitrogens with two attached hydrogens (primary N) is 1. The lowest BCUT2D eigenvalue weighted by atomic mass is 9.69. The fraction of sp³-hybridized carbons (Fsp3) is 1.00. The lowest BCUT2D eigenvalue weighted by Gasteiger charge is -2.38. The van der Waals surface area contributed by atoms with Gasteiger partial charge in [0, 0.05) is 6.04 Å². The van der Waals surface area contributed by atoms with Gasteiger partial charge in [-0.15, -0.1) is 0 Å². The normalized spacial score (nSPS) is 30.6. The molecule has 0 heterocycles. The van der Waals surface area contributed by atoms with Gasteiger partial charge in [0.1, 0.15) is 0 Å². The van der Waals surface area contributed by atoms with Gasteiger partial charge >= 0.3 is 0 Å². The summed E-state index contributed by atoms with van der Waals surface area (Å²) in [5.41, 5.74) is 7.03. The van der Waals surface area contributed by atoms with Gasteiger partial charge in [-0.1, -0.05) is 26.7 Å². The maximum atomic E-state index is 6.44. The van der Waals surface area contributed by atoms with Crippen LogP contribution in [-0.2, 0) is 0 Å². The second kappa shape index (κ2) is 4.45. The van der Waals surface area contributed by atoms with Gasteiger partial charge in [0.05, 0.1) is 0 Å². The Morgan fingerprint density at radius 2 is 1.40 bits per heavy atom. The van der Waals surface area contributed by atoms with E-state index in [1.165, 1.54) is 51.4 Å². The highest BCUT2D eigenvalue weighted by Gasteiger charge is 2.33. The SMILES string of the molecule is CC1(C)CCC(C(N)C2CCCC2)CC1. The number of hydrogen-bond donors (Lipinski definition) is 1. The summed E-state index contributed by atoms with van der Waals surface area (Å²) < 4.78 is 0. The van der Waals surface area contributed by atoms with Crippen molar-refractivity contribution in [3.05, 3.63) is 0 Å². The van der Waals surface area contributed by atoms with Crippen LogP contribution in [0.2, 0.25) is 0 Å². The third-order valence-corrected chi connectivity index (χ3v) is 4.87. The first-order chi connectivity index (χ1) is 7.08. The van der Waals surface area contributed by atoms with Crippen molar-refractivity contribution >= 4 is 0 Å². The minimum Gasteiger partial charge on any atom is -0.327 e. The van der Waals surface area contributed by atoms with E-state index in [-0.39, 0.29) is 0 Å². The first kappa shape index (κ1) is 11.4. The first-order valence-corrected chi connectivity index (χ1v) is 6.84. The van der Waals surface area contributed by atoms with Crippen LogP contribution in [0.4, 0.5) is 0 Å². The largest absolute Gasteiger partial charge is 0.327 e. The molecule has 2 N–H and O–H groups in total. The third kappa shape index (κ3) is 2.75. The Morgan fingerprint density at radius 1 is 0.933 bits per heavy atom. The molecule has 0 radical (unpaired) electrons. The standard InChI is InChI=1S/C14H27N/c1-14(2)9-7-12(8-10-14)13(15)11-5-3-4-6-11/h11-13H,3-10,15H2,1-2H3. The number of hydrogen-bond acceptors (Lipinski definition) is 1. The molecule has 0 bridgehead atoms. The Bertz CT molecular complexity index is 193. The molecule has 0 aromatic rings. The second-order valence-electron chi connectivity index (χ2n) is 6.62. The van der Waals surface area contributed by atoms with E-state index in [4.69, 9.17) is 5.73 Å². The molecular formula is C14H27N. The van der Waals surface area contributed by atoms with Crippen molar-refractivity contribution in [1.29, 1.82) is 0 Å². The van der Waals surface area contributed by atoms with Crippen LogP contribution in [0, 0.1) is 17.3 Å². The van der Waals surface area contributed by atoms with Gasteiger partial charge in [-0.2, -0.15) is 0 Å². The third-order valence-electron chi connectivity index (χ3n) is 4.87. The van der Waals surface area contributed by atoms with Crippen molar-refractivity contribution in [2.24, 2.45) is 23.0 Å². The van der Waals surface area contributed by atoms with Gasteiger partial charge in [0.2, 0.25) is 0 Å². The molecule has 2 fully saturated rings. The van der Waals surface area contributed by atoms with E-state index in [1.807, 2.05) is 0 Å². The van der Waals surface area contributed by atoms with E-state index < -0.39 is 0 Å². The molecule has 1 heteroatoms. The molecule has 88 valence electrons. The van der Waals surface area contributed by atoms with Crippen molar-refractivity contribution in [2.75, 3.05) is 0 Å². The summed E-state index contributed by atoms with van der Waals surface area (Å²) >= 11 is 0. The molecule has 0 aromatic carbocycles. The lowest BCUT2D eigenvalue weighted by molar-refractivity contribution is 0.153. The van der Waals surface area contributed by atoms with Crippen LogP contribution in [0.5, 0.6) is 0 Å². The molecule has 2 saturated carbocycles. The lowest BCUT2D eigenvalue weighted by Crippen LogP contribution is -2.39. The van der Waals surface area contributed by atoms with Crippen LogP contribution in [0.1, 0.15) is 65.2 Å².